The lowest BCUT2D eigenvalue weighted by atomic mass is 10.2. The van der Waals surface area contributed by atoms with Crippen molar-refractivity contribution >= 4 is 5.91 Å². The second kappa shape index (κ2) is 6.08. The lowest BCUT2D eigenvalue weighted by Crippen LogP contribution is -2.41. The van der Waals surface area contributed by atoms with Crippen LogP contribution in [0.5, 0.6) is 0 Å². The van der Waals surface area contributed by atoms with Crippen LogP contribution in [0.1, 0.15) is 26.7 Å². The van der Waals surface area contributed by atoms with E-state index in [0.29, 0.717) is 31.6 Å². The van der Waals surface area contributed by atoms with Crippen LogP contribution in [0.15, 0.2) is 0 Å². The normalized spacial score (nSPS) is 16.1. The molecular formula is C11H23N3O. The molecule has 0 unspecified atom stereocenters. The lowest BCUT2D eigenvalue weighted by molar-refractivity contribution is -0.122. The van der Waals surface area contributed by atoms with E-state index in [1.165, 1.54) is 12.8 Å². The van der Waals surface area contributed by atoms with Crippen molar-refractivity contribution in [2.75, 3.05) is 26.2 Å². The van der Waals surface area contributed by atoms with Gasteiger partial charge in [0, 0.05) is 25.7 Å². The van der Waals surface area contributed by atoms with Crippen LogP contribution < -0.4 is 11.1 Å². The highest BCUT2D eigenvalue weighted by Crippen LogP contribution is 2.27. The fourth-order valence-corrected chi connectivity index (χ4v) is 1.70. The Hall–Kier alpha value is -0.610. The van der Waals surface area contributed by atoms with Crippen molar-refractivity contribution in [1.29, 1.82) is 0 Å². The van der Waals surface area contributed by atoms with Crippen molar-refractivity contribution in [2.24, 2.45) is 11.7 Å². The molecule has 1 aliphatic carbocycles. The van der Waals surface area contributed by atoms with Gasteiger partial charge < -0.3 is 11.1 Å². The van der Waals surface area contributed by atoms with E-state index in [2.05, 4.69) is 24.1 Å². The molecule has 0 heterocycles. The topological polar surface area (TPSA) is 58.4 Å². The molecule has 1 rings (SSSR count). The third kappa shape index (κ3) is 5.14. The molecule has 0 saturated heterocycles. The molecule has 1 fully saturated rings. The van der Waals surface area contributed by atoms with Crippen LogP contribution in [0.2, 0.25) is 0 Å². The van der Waals surface area contributed by atoms with Gasteiger partial charge in [0.1, 0.15) is 0 Å². The zero-order valence-electron chi connectivity index (χ0n) is 9.83. The highest BCUT2D eigenvalue weighted by atomic mass is 16.2. The van der Waals surface area contributed by atoms with E-state index in [-0.39, 0.29) is 5.91 Å². The minimum Gasteiger partial charge on any atom is -0.354 e. The van der Waals surface area contributed by atoms with Gasteiger partial charge in [-0.3, -0.25) is 9.69 Å². The van der Waals surface area contributed by atoms with Gasteiger partial charge in [0.2, 0.25) is 5.91 Å². The number of nitrogens with one attached hydrogen (secondary N) is 1. The van der Waals surface area contributed by atoms with Crippen molar-refractivity contribution < 1.29 is 4.79 Å². The Morgan fingerprint density at radius 1 is 1.53 bits per heavy atom. The maximum absolute atomic E-state index is 11.5. The Labute approximate surface area is 92.2 Å². The predicted octanol–water partition coefficient (Wildman–Crippen LogP) is 0.182. The van der Waals surface area contributed by atoms with Crippen LogP contribution in [0.4, 0.5) is 0 Å². The van der Waals surface area contributed by atoms with Gasteiger partial charge in [0.15, 0.2) is 0 Å². The van der Waals surface area contributed by atoms with Crippen LogP contribution in [0.25, 0.3) is 0 Å². The summed E-state index contributed by atoms with van der Waals surface area (Å²) in [5, 5.41) is 2.81. The summed E-state index contributed by atoms with van der Waals surface area (Å²) in [5.41, 5.74) is 5.33. The predicted molar refractivity (Wildman–Crippen MR) is 61.5 cm³/mol. The van der Waals surface area contributed by atoms with E-state index in [1.54, 1.807) is 0 Å². The highest BCUT2D eigenvalue weighted by molar-refractivity contribution is 5.78. The molecule has 0 aliphatic heterocycles. The maximum Gasteiger partial charge on any atom is 0.234 e. The van der Waals surface area contributed by atoms with E-state index in [1.807, 2.05) is 0 Å². The molecule has 0 aromatic heterocycles. The second-order valence-corrected chi connectivity index (χ2v) is 4.69. The summed E-state index contributed by atoms with van der Waals surface area (Å²) in [4.78, 5) is 13.8. The Kier molecular flexibility index (Phi) is 5.05. The van der Waals surface area contributed by atoms with Crippen molar-refractivity contribution in [3.8, 4) is 0 Å². The summed E-state index contributed by atoms with van der Waals surface area (Å²) < 4.78 is 0. The monoisotopic (exact) mass is 213 g/mol. The molecule has 0 atom stereocenters. The second-order valence-electron chi connectivity index (χ2n) is 4.69. The average molecular weight is 213 g/mol. The van der Waals surface area contributed by atoms with Crippen LogP contribution in [-0.4, -0.2) is 43.0 Å². The van der Waals surface area contributed by atoms with E-state index < -0.39 is 0 Å². The number of hydrogen-bond donors (Lipinski definition) is 2. The number of nitrogens with zero attached hydrogens (tertiary/aromatic N) is 1. The number of carbonyl (C=O) groups is 1. The van der Waals surface area contributed by atoms with Gasteiger partial charge in [-0.2, -0.15) is 0 Å². The lowest BCUT2D eigenvalue weighted by Gasteiger charge is -2.23. The smallest absolute Gasteiger partial charge is 0.234 e. The SMILES string of the molecule is CC(C)CN(CC(=O)NCCN)C1CC1. The Balaban J connectivity index is 2.27. The Bertz CT molecular complexity index is 202. The number of rotatable bonds is 7. The zero-order chi connectivity index (χ0) is 11.3. The van der Waals surface area contributed by atoms with Crippen LogP contribution in [0.3, 0.4) is 0 Å². The molecule has 4 nitrogen and oxygen atoms in total. The summed E-state index contributed by atoms with van der Waals surface area (Å²) in [6.07, 6.45) is 2.49. The zero-order valence-corrected chi connectivity index (χ0v) is 9.83. The summed E-state index contributed by atoms with van der Waals surface area (Å²) in [6.45, 7) is 7.02. The van der Waals surface area contributed by atoms with Crippen molar-refractivity contribution in [3.05, 3.63) is 0 Å². The van der Waals surface area contributed by atoms with Gasteiger partial charge in [-0.05, 0) is 18.8 Å². The van der Waals surface area contributed by atoms with E-state index in [9.17, 15) is 4.79 Å². The van der Waals surface area contributed by atoms with Crippen LogP contribution >= 0.6 is 0 Å². The largest absolute Gasteiger partial charge is 0.354 e. The standard InChI is InChI=1S/C11H23N3O/c1-9(2)7-14(10-3-4-10)8-11(15)13-6-5-12/h9-10H,3-8,12H2,1-2H3,(H,13,15). The first-order valence-electron chi connectivity index (χ1n) is 5.84. The first kappa shape index (κ1) is 12.5. The number of nitrogens with two attached hydrogens (primary N) is 1. The Morgan fingerprint density at radius 3 is 2.67 bits per heavy atom. The molecule has 0 bridgehead atoms. The quantitative estimate of drug-likeness (QED) is 0.634. The van der Waals surface area contributed by atoms with E-state index >= 15 is 0 Å². The molecule has 3 N–H and O–H groups in total. The maximum atomic E-state index is 11.5. The molecule has 4 heteroatoms. The average Bonchev–Trinajstić information content (AvgIpc) is 2.96. The number of hydrogen-bond acceptors (Lipinski definition) is 3. The molecule has 1 saturated carbocycles. The van der Waals surface area contributed by atoms with Gasteiger partial charge in [-0.1, -0.05) is 13.8 Å². The van der Waals surface area contributed by atoms with Gasteiger partial charge in [-0.15, -0.1) is 0 Å². The molecule has 1 amide bonds. The molecular weight excluding hydrogens is 190 g/mol. The third-order valence-electron chi connectivity index (χ3n) is 2.48. The van der Waals surface area contributed by atoms with Crippen molar-refractivity contribution in [1.82, 2.24) is 10.2 Å². The van der Waals surface area contributed by atoms with E-state index in [0.717, 1.165) is 6.54 Å². The Morgan fingerprint density at radius 2 is 2.20 bits per heavy atom. The van der Waals surface area contributed by atoms with Gasteiger partial charge in [0.05, 0.1) is 6.54 Å². The molecule has 1 aliphatic rings. The fraction of sp³-hybridized carbons (Fsp3) is 0.909. The summed E-state index contributed by atoms with van der Waals surface area (Å²) >= 11 is 0. The van der Waals surface area contributed by atoms with Crippen molar-refractivity contribution in [3.63, 3.8) is 0 Å². The molecule has 88 valence electrons. The first-order valence-corrected chi connectivity index (χ1v) is 5.84. The fourth-order valence-electron chi connectivity index (χ4n) is 1.70. The summed E-state index contributed by atoms with van der Waals surface area (Å²) in [5.74, 6) is 0.723. The molecule has 0 aromatic carbocycles. The van der Waals surface area contributed by atoms with Gasteiger partial charge in [-0.25, -0.2) is 0 Å². The summed E-state index contributed by atoms with van der Waals surface area (Å²) in [6, 6.07) is 0.649. The molecule has 0 radical (unpaired) electrons. The molecule has 0 aromatic rings. The molecule has 0 spiro atoms. The first-order chi connectivity index (χ1) is 7.13. The third-order valence-corrected chi connectivity index (χ3v) is 2.48. The number of amides is 1. The van der Waals surface area contributed by atoms with Crippen LogP contribution in [0, 0.1) is 5.92 Å². The van der Waals surface area contributed by atoms with Crippen molar-refractivity contribution in [2.45, 2.75) is 32.7 Å². The molecule has 15 heavy (non-hydrogen) atoms. The van der Waals surface area contributed by atoms with Gasteiger partial charge in [0.25, 0.3) is 0 Å². The van der Waals surface area contributed by atoms with Crippen LogP contribution in [-0.2, 0) is 4.79 Å². The minimum absolute atomic E-state index is 0.105. The highest BCUT2D eigenvalue weighted by Gasteiger charge is 2.30. The summed E-state index contributed by atoms with van der Waals surface area (Å²) in [7, 11) is 0. The van der Waals surface area contributed by atoms with Gasteiger partial charge >= 0.3 is 0 Å². The minimum atomic E-state index is 0.105. The van der Waals surface area contributed by atoms with E-state index in [4.69, 9.17) is 5.73 Å². The number of carbonyl (C=O) groups excluding carboxylic acids is 1.